The standard InChI is InChI=1S/C29H37F2N3O5Si/c1-19(2)17-33(37)25-23(39-27(24(25)31)34-26(35)22(30)16-32-28(34)36)18-38-40(29(3,4)5,20-12-8-6-9-13-20)21-14-10-7-11-15-21/h6-16,19,23-25,27,37H,17-18H2,1-5H3,(H,32,36)/t23-,24+,25-,27-/m1/s1. The van der Waals surface area contributed by atoms with E-state index in [1.165, 1.54) is 0 Å². The Morgan fingerprint density at radius 3 is 2.12 bits per heavy atom. The number of hydrogen-bond acceptors (Lipinski definition) is 6. The van der Waals surface area contributed by atoms with Crippen LogP contribution in [0.15, 0.2) is 76.4 Å². The van der Waals surface area contributed by atoms with Crippen LogP contribution in [0.2, 0.25) is 5.04 Å². The molecule has 1 fully saturated rings. The number of hydrogen-bond donors (Lipinski definition) is 2. The second-order valence-corrected chi connectivity index (χ2v) is 15.9. The summed E-state index contributed by atoms with van der Waals surface area (Å²) in [5.41, 5.74) is -2.32. The SMILES string of the molecule is CC(C)CN(O)[C@H]1[C@H](F)[C@H](n2c(=O)[nH]cc(F)c2=O)O[C@@H]1CO[Si](c1ccccc1)(c1ccccc1)C(C)(C)C. The van der Waals surface area contributed by atoms with Crippen molar-refractivity contribution in [3.8, 4) is 0 Å². The molecule has 0 amide bonds. The fourth-order valence-corrected chi connectivity index (χ4v) is 10.1. The van der Waals surface area contributed by atoms with E-state index in [0.717, 1.165) is 15.4 Å². The highest BCUT2D eigenvalue weighted by atomic mass is 28.4. The first-order valence-electron chi connectivity index (χ1n) is 13.4. The molecule has 1 saturated heterocycles. The summed E-state index contributed by atoms with van der Waals surface area (Å²) < 4.78 is 43.5. The summed E-state index contributed by atoms with van der Waals surface area (Å²) in [6.07, 6.45) is -4.25. The molecule has 0 radical (unpaired) electrons. The molecule has 11 heteroatoms. The van der Waals surface area contributed by atoms with Crippen molar-refractivity contribution in [3.63, 3.8) is 0 Å². The lowest BCUT2D eigenvalue weighted by Gasteiger charge is -2.44. The van der Waals surface area contributed by atoms with E-state index in [1.807, 2.05) is 74.5 Å². The molecule has 8 nitrogen and oxygen atoms in total. The van der Waals surface area contributed by atoms with Gasteiger partial charge >= 0.3 is 5.69 Å². The number of H-pyrrole nitrogens is 1. The topological polar surface area (TPSA) is 96.8 Å². The average Bonchev–Trinajstić information content (AvgIpc) is 3.22. The quantitative estimate of drug-likeness (QED) is 0.302. The van der Waals surface area contributed by atoms with E-state index in [4.69, 9.17) is 9.16 Å². The Hall–Kier alpha value is -2.96. The number of rotatable bonds is 9. The molecule has 4 atom stereocenters. The van der Waals surface area contributed by atoms with Crippen LogP contribution in [0, 0.1) is 11.7 Å². The van der Waals surface area contributed by atoms with Gasteiger partial charge in [0.05, 0.1) is 12.6 Å². The normalized spacial score (nSPS) is 21.9. The minimum atomic E-state index is -3.07. The molecule has 2 aromatic carbocycles. The van der Waals surface area contributed by atoms with Gasteiger partial charge in [-0.15, -0.1) is 0 Å². The van der Waals surface area contributed by atoms with Crippen LogP contribution < -0.4 is 21.6 Å². The number of alkyl halides is 1. The van der Waals surface area contributed by atoms with Crippen LogP contribution in [0.3, 0.4) is 0 Å². The number of halogens is 2. The van der Waals surface area contributed by atoms with Crippen LogP contribution in [0.25, 0.3) is 0 Å². The van der Waals surface area contributed by atoms with Gasteiger partial charge in [-0.3, -0.25) is 4.79 Å². The largest absolute Gasteiger partial charge is 0.405 e. The third-order valence-corrected chi connectivity index (χ3v) is 12.3. The summed E-state index contributed by atoms with van der Waals surface area (Å²) in [5.74, 6) is -1.28. The summed E-state index contributed by atoms with van der Waals surface area (Å²) >= 11 is 0. The first-order chi connectivity index (χ1) is 18.9. The smallest absolute Gasteiger partial charge is 0.330 e. The maximum absolute atomic E-state index is 16.1. The number of nitrogens with zero attached hydrogens (tertiary/aromatic N) is 2. The molecule has 2 N–H and O–H groups in total. The fraction of sp³-hybridized carbons (Fsp3) is 0.448. The molecule has 40 heavy (non-hydrogen) atoms. The zero-order chi connectivity index (χ0) is 29.2. The van der Waals surface area contributed by atoms with Crippen LogP contribution in [0.4, 0.5) is 8.78 Å². The van der Waals surface area contributed by atoms with Gasteiger partial charge in [0, 0.05) is 12.7 Å². The van der Waals surface area contributed by atoms with Crippen molar-refractivity contribution in [2.75, 3.05) is 13.2 Å². The number of benzene rings is 2. The highest BCUT2D eigenvalue weighted by Crippen LogP contribution is 2.39. The van der Waals surface area contributed by atoms with Crippen molar-refractivity contribution in [1.82, 2.24) is 14.6 Å². The molecule has 3 aromatic rings. The van der Waals surface area contributed by atoms with Gasteiger partial charge in [-0.05, 0) is 21.3 Å². The number of aromatic amines is 1. The van der Waals surface area contributed by atoms with Gasteiger partial charge in [0.25, 0.3) is 13.9 Å². The molecule has 0 bridgehead atoms. The molecule has 0 saturated carbocycles. The molecule has 0 spiro atoms. The lowest BCUT2D eigenvalue weighted by atomic mass is 10.1. The third kappa shape index (κ3) is 5.61. The van der Waals surface area contributed by atoms with E-state index in [2.05, 4.69) is 25.8 Å². The van der Waals surface area contributed by atoms with E-state index < -0.39 is 49.9 Å². The summed E-state index contributed by atoms with van der Waals surface area (Å²) in [6, 6.07) is 18.4. The van der Waals surface area contributed by atoms with Gasteiger partial charge in [-0.1, -0.05) is 95.3 Å². The number of nitrogens with one attached hydrogen (secondary N) is 1. The van der Waals surface area contributed by atoms with Gasteiger partial charge in [-0.25, -0.2) is 13.8 Å². The van der Waals surface area contributed by atoms with E-state index in [9.17, 15) is 19.2 Å². The molecule has 216 valence electrons. The predicted molar refractivity (Wildman–Crippen MR) is 151 cm³/mol. The van der Waals surface area contributed by atoms with Crippen LogP contribution in [-0.4, -0.2) is 59.6 Å². The Bertz CT molecular complexity index is 1360. The Morgan fingerprint density at radius 2 is 1.62 bits per heavy atom. The maximum atomic E-state index is 16.1. The average molecular weight is 574 g/mol. The Labute approximate surface area is 233 Å². The molecule has 2 heterocycles. The van der Waals surface area contributed by atoms with Crippen molar-refractivity contribution in [1.29, 1.82) is 0 Å². The minimum Gasteiger partial charge on any atom is -0.405 e. The number of aromatic nitrogens is 2. The zero-order valence-corrected chi connectivity index (χ0v) is 24.4. The van der Waals surface area contributed by atoms with Crippen molar-refractivity contribution < 1.29 is 23.2 Å². The molecule has 0 unspecified atom stereocenters. The van der Waals surface area contributed by atoms with Gasteiger partial charge in [-0.2, -0.15) is 9.45 Å². The van der Waals surface area contributed by atoms with Gasteiger partial charge < -0.3 is 19.4 Å². The van der Waals surface area contributed by atoms with Crippen LogP contribution in [0.1, 0.15) is 40.8 Å². The van der Waals surface area contributed by atoms with Crippen LogP contribution in [0.5, 0.6) is 0 Å². The molecule has 1 aromatic heterocycles. The highest BCUT2D eigenvalue weighted by molar-refractivity contribution is 6.99. The van der Waals surface area contributed by atoms with Gasteiger partial charge in [0.1, 0.15) is 6.10 Å². The second-order valence-electron chi connectivity index (χ2n) is 11.6. The summed E-state index contributed by atoms with van der Waals surface area (Å²) in [7, 11) is -3.07. The van der Waals surface area contributed by atoms with Crippen LogP contribution in [-0.2, 0) is 9.16 Å². The van der Waals surface area contributed by atoms with E-state index in [-0.39, 0.29) is 24.1 Å². The van der Waals surface area contributed by atoms with Crippen molar-refractivity contribution >= 4 is 18.7 Å². The molecule has 1 aliphatic heterocycles. The van der Waals surface area contributed by atoms with Crippen molar-refractivity contribution in [3.05, 3.63) is 93.5 Å². The monoisotopic (exact) mass is 573 g/mol. The molecular formula is C29H37F2N3O5Si. The summed E-state index contributed by atoms with van der Waals surface area (Å²) in [4.78, 5) is 27.1. The van der Waals surface area contributed by atoms with E-state index in [1.54, 1.807) is 0 Å². The highest BCUT2D eigenvalue weighted by Gasteiger charge is 2.54. The lowest BCUT2D eigenvalue weighted by Crippen LogP contribution is -2.67. The Morgan fingerprint density at radius 1 is 1.07 bits per heavy atom. The minimum absolute atomic E-state index is 0.0326. The first kappa shape index (κ1) is 30.0. The molecule has 1 aliphatic rings. The molecular weight excluding hydrogens is 536 g/mol. The second kappa shape index (κ2) is 11.9. The Kier molecular flexibility index (Phi) is 8.91. The summed E-state index contributed by atoms with van der Waals surface area (Å²) in [5, 5.41) is 13.4. The zero-order valence-electron chi connectivity index (χ0n) is 23.4. The number of hydroxylamine groups is 2. The third-order valence-electron chi connectivity index (χ3n) is 7.29. The van der Waals surface area contributed by atoms with Crippen molar-refractivity contribution in [2.24, 2.45) is 5.92 Å². The molecule has 4 rings (SSSR count). The lowest BCUT2D eigenvalue weighted by molar-refractivity contribution is -0.160. The fourth-order valence-electron chi connectivity index (χ4n) is 5.57. The van der Waals surface area contributed by atoms with Crippen LogP contribution >= 0.6 is 0 Å². The van der Waals surface area contributed by atoms with Crippen molar-refractivity contribution in [2.45, 2.75) is 64.2 Å². The molecule has 0 aliphatic carbocycles. The van der Waals surface area contributed by atoms with Gasteiger partial charge in [0.15, 0.2) is 12.4 Å². The van der Waals surface area contributed by atoms with E-state index in [0.29, 0.717) is 10.8 Å². The van der Waals surface area contributed by atoms with Gasteiger partial charge in [0.2, 0.25) is 5.82 Å². The summed E-state index contributed by atoms with van der Waals surface area (Å²) in [6.45, 7) is 9.96. The maximum Gasteiger partial charge on any atom is 0.330 e. The van der Waals surface area contributed by atoms with E-state index >= 15 is 4.39 Å². The Balaban J connectivity index is 1.78. The number of ether oxygens (including phenoxy) is 1. The predicted octanol–water partition coefficient (Wildman–Crippen LogP) is 3.20. The first-order valence-corrected chi connectivity index (χ1v) is 15.3.